The van der Waals surface area contributed by atoms with Crippen LogP contribution in [-0.4, -0.2) is 52.8 Å². The lowest BCUT2D eigenvalue weighted by atomic mass is 10.1. The van der Waals surface area contributed by atoms with Crippen molar-refractivity contribution in [3.63, 3.8) is 0 Å². The van der Waals surface area contributed by atoms with E-state index in [1.165, 1.54) is 0 Å². The number of anilines is 1. The maximum atomic E-state index is 13.9. The largest absolute Gasteiger partial charge is 0.394 e. The van der Waals surface area contributed by atoms with Gasteiger partial charge in [0.1, 0.15) is 18.3 Å². The highest BCUT2D eigenvalue weighted by molar-refractivity contribution is 5.26. The van der Waals surface area contributed by atoms with Crippen molar-refractivity contribution in [3.8, 4) is 0 Å². The molecule has 0 bridgehead atoms. The molecule has 2 rings (SSSR count). The zero-order valence-corrected chi connectivity index (χ0v) is 16.7. The minimum absolute atomic E-state index is 0.302. The molecule has 9 heteroatoms. The van der Waals surface area contributed by atoms with Gasteiger partial charge in [-0.2, -0.15) is 4.98 Å². The Hall–Kier alpha value is -1.55. The van der Waals surface area contributed by atoms with Crippen molar-refractivity contribution >= 4 is 5.82 Å². The first-order valence-electron chi connectivity index (χ1n) is 10.1. The zero-order valence-electron chi connectivity index (χ0n) is 16.7. The fourth-order valence-electron chi connectivity index (χ4n) is 3.24. The van der Waals surface area contributed by atoms with Crippen LogP contribution in [0.2, 0.25) is 0 Å². The topological polar surface area (TPSA) is 109 Å². The van der Waals surface area contributed by atoms with Crippen molar-refractivity contribution in [2.24, 2.45) is 0 Å². The van der Waals surface area contributed by atoms with Gasteiger partial charge >= 0.3 is 5.69 Å². The Morgan fingerprint density at radius 3 is 2.36 bits per heavy atom. The second-order valence-corrected chi connectivity index (χ2v) is 7.00. The number of halogens is 1. The molecule has 1 fully saturated rings. The Balaban J connectivity index is 2.23. The number of ether oxygens (including phenoxy) is 3. The fourth-order valence-corrected chi connectivity index (χ4v) is 3.24. The SMILES string of the molecule is CCCCCO[C@@H]1[C@H](OCCCCC)[C@@H](CO)O[C@H]1n1cc(F)c(N)nc1=O. The second-order valence-electron chi connectivity index (χ2n) is 7.00. The van der Waals surface area contributed by atoms with Gasteiger partial charge in [-0.15, -0.1) is 0 Å². The molecule has 1 aromatic rings. The number of nitrogens with zero attached hydrogens (tertiary/aromatic N) is 2. The van der Waals surface area contributed by atoms with Gasteiger partial charge in [0.2, 0.25) is 0 Å². The van der Waals surface area contributed by atoms with Crippen molar-refractivity contribution in [1.29, 1.82) is 0 Å². The fraction of sp³-hybridized carbons (Fsp3) is 0.789. The number of aliphatic hydroxyl groups is 1. The number of aromatic nitrogens is 2. The summed E-state index contributed by atoms with van der Waals surface area (Å²) in [7, 11) is 0. The van der Waals surface area contributed by atoms with E-state index in [0.29, 0.717) is 13.2 Å². The van der Waals surface area contributed by atoms with Gasteiger partial charge in [0.15, 0.2) is 17.9 Å². The summed E-state index contributed by atoms with van der Waals surface area (Å²) in [4.78, 5) is 15.8. The van der Waals surface area contributed by atoms with Crippen LogP contribution >= 0.6 is 0 Å². The average Bonchev–Trinajstić information content (AvgIpc) is 3.02. The molecule has 0 aliphatic carbocycles. The Morgan fingerprint density at radius 1 is 1.18 bits per heavy atom. The molecule has 8 nitrogen and oxygen atoms in total. The van der Waals surface area contributed by atoms with E-state index >= 15 is 0 Å². The lowest BCUT2D eigenvalue weighted by Gasteiger charge is -2.25. The third kappa shape index (κ3) is 5.73. The summed E-state index contributed by atoms with van der Waals surface area (Å²) in [5, 5.41) is 9.74. The lowest BCUT2D eigenvalue weighted by molar-refractivity contribution is -0.0822. The van der Waals surface area contributed by atoms with Gasteiger partial charge in [-0.1, -0.05) is 39.5 Å². The van der Waals surface area contributed by atoms with Crippen molar-refractivity contribution in [1.82, 2.24) is 9.55 Å². The molecule has 3 N–H and O–H groups in total. The van der Waals surface area contributed by atoms with Crippen LogP contribution in [0.25, 0.3) is 0 Å². The minimum atomic E-state index is -0.954. The standard InChI is InChI=1S/C19H32FN3O5/c1-3-5-7-9-26-15-14(12-24)28-18(16(15)27-10-8-6-4-2)23-11-13(20)17(21)22-19(23)25/h11,14-16,18,24H,3-10,12H2,1-2H3,(H2,21,22,25)/t14-,15-,16-,18-/m1/s1. The molecule has 1 aromatic heterocycles. The first kappa shape index (κ1) is 22.7. The predicted molar refractivity (Wildman–Crippen MR) is 102 cm³/mol. The molecule has 0 unspecified atom stereocenters. The summed E-state index contributed by atoms with van der Waals surface area (Å²) in [6, 6.07) is 0. The third-order valence-corrected chi connectivity index (χ3v) is 4.79. The van der Waals surface area contributed by atoms with Crippen LogP contribution in [0.15, 0.2) is 11.0 Å². The Bertz CT molecular complexity index is 657. The van der Waals surface area contributed by atoms with Crippen LogP contribution < -0.4 is 11.4 Å². The van der Waals surface area contributed by atoms with Crippen molar-refractivity contribution in [2.75, 3.05) is 25.6 Å². The smallest absolute Gasteiger partial charge is 0.351 e. The predicted octanol–water partition coefficient (Wildman–Crippen LogP) is 2.01. The summed E-state index contributed by atoms with van der Waals surface area (Å²) in [5.74, 6) is -1.29. The van der Waals surface area contributed by atoms with Gasteiger partial charge in [0.05, 0.1) is 12.8 Å². The van der Waals surface area contributed by atoms with E-state index in [0.717, 1.165) is 49.3 Å². The molecule has 160 valence electrons. The van der Waals surface area contributed by atoms with Crippen molar-refractivity contribution in [3.05, 3.63) is 22.5 Å². The number of unbranched alkanes of at least 4 members (excludes halogenated alkanes) is 4. The van der Waals surface area contributed by atoms with Gasteiger partial charge in [-0.25, -0.2) is 9.18 Å². The molecule has 0 saturated carbocycles. The highest BCUT2D eigenvalue weighted by Gasteiger charge is 2.47. The van der Waals surface area contributed by atoms with Gasteiger partial charge in [0, 0.05) is 13.2 Å². The van der Waals surface area contributed by atoms with Crippen LogP contribution in [-0.2, 0) is 14.2 Å². The summed E-state index contributed by atoms with van der Waals surface area (Å²) >= 11 is 0. The lowest BCUT2D eigenvalue weighted by Crippen LogP contribution is -2.40. The molecule has 0 amide bonds. The van der Waals surface area contributed by atoms with Crippen LogP contribution in [0, 0.1) is 5.82 Å². The number of hydrogen-bond donors (Lipinski definition) is 2. The number of nitrogens with two attached hydrogens (primary N) is 1. The molecule has 0 aromatic carbocycles. The van der Waals surface area contributed by atoms with Crippen LogP contribution in [0.1, 0.15) is 58.6 Å². The Morgan fingerprint density at radius 2 is 1.79 bits per heavy atom. The maximum absolute atomic E-state index is 13.9. The highest BCUT2D eigenvalue weighted by atomic mass is 19.1. The molecule has 1 aliphatic rings. The summed E-state index contributed by atoms with van der Waals surface area (Å²) in [5.41, 5.74) is 4.63. The summed E-state index contributed by atoms with van der Waals surface area (Å²) < 4.78 is 32.7. The molecule has 0 spiro atoms. The first-order chi connectivity index (χ1) is 13.5. The van der Waals surface area contributed by atoms with E-state index in [4.69, 9.17) is 19.9 Å². The molecule has 0 radical (unpaired) electrons. The Kier molecular flexibility index (Phi) is 9.30. The quantitative estimate of drug-likeness (QED) is 0.516. The molecule has 1 saturated heterocycles. The number of rotatable bonds is 12. The van der Waals surface area contributed by atoms with E-state index in [2.05, 4.69) is 18.8 Å². The van der Waals surface area contributed by atoms with Gasteiger partial charge < -0.3 is 25.1 Å². The highest BCUT2D eigenvalue weighted by Crippen LogP contribution is 2.33. The van der Waals surface area contributed by atoms with E-state index in [9.17, 15) is 14.3 Å². The van der Waals surface area contributed by atoms with E-state index < -0.39 is 41.9 Å². The normalized spacial score (nSPS) is 24.7. The molecule has 28 heavy (non-hydrogen) atoms. The number of aliphatic hydroxyl groups excluding tert-OH is 1. The van der Waals surface area contributed by atoms with Crippen molar-refractivity contribution in [2.45, 2.75) is 76.9 Å². The minimum Gasteiger partial charge on any atom is -0.394 e. The third-order valence-electron chi connectivity index (χ3n) is 4.79. The van der Waals surface area contributed by atoms with Gasteiger partial charge in [0.25, 0.3) is 0 Å². The van der Waals surface area contributed by atoms with Gasteiger partial charge in [-0.05, 0) is 12.8 Å². The van der Waals surface area contributed by atoms with Gasteiger partial charge in [-0.3, -0.25) is 4.57 Å². The first-order valence-corrected chi connectivity index (χ1v) is 10.1. The monoisotopic (exact) mass is 401 g/mol. The molecule has 2 heterocycles. The van der Waals surface area contributed by atoms with Crippen LogP contribution in [0.3, 0.4) is 0 Å². The number of hydrogen-bond acceptors (Lipinski definition) is 7. The zero-order chi connectivity index (χ0) is 20.5. The summed E-state index contributed by atoms with van der Waals surface area (Å²) in [6.07, 6.45) is 3.92. The molecular weight excluding hydrogens is 369 g/mol. The molecule has 4 atom stereocenters. The average molecular weight is 401 g/mol. The molecule has 1 aliphatic heterocycles. The van der Waals surface area contributed by atoms with E-state index in [1.54, 1.807) is 0 Å². The van der Waals surface area contributed by atoms with Crippen molar-refractivity contribution < 1.29 is 23.7 Å². The van der Waals surface area contributed by atoms with Crippen LogP contribution in [0.4, 0.5) is 10.2 Å². The molecular formula is C19H32FN3O5. The number of nitrogen functional groups attached to an aromatic ring is 1. The Labute approximate surface area is 164 Å². The summed E-state index contributed by atoms with van der Waals surface area (Å²) in [6.45, 7) is 4.82. The second kappa shape index (κ2) is 11.5. The maximum Gasteiger partial charge on any atom is 0.351 e. The van der Waals surface area contributed by atoms with E-state index in [-0.39, 0.29) is 6.61 Å². The van der Waals surface area contributed by atoms with Crippen LogP contribution in [0.5, 0.6) is 0 Å². The van der Waals surface area contributed by atoms with E-state index in [1.807, 2.05) is 0 Å².